The van der Waals surface area contributed by atoms with Crippen molar-refractivity contribution in [3.63, 3.8) is 0 Å². The SMILES string of the molecule is CCC(C)Cc1nc(C(F)(F)F)ccc1/C=C/C(=O)NCc1ccc(NS(C)(=O)=O)c(F)c1. The van der Waals surface area contributed by atoms with Crippen LogP contribution in [0.25, 0.3) is 6.08 Å². The molecule has 33 heavy (non-hydrogen) atoms. The number of sulfonamides is 1. The largest absolute Gasteiger partial charge is 0.433 e. The first-order chi connectivity index (χ1) is 15.3. The summed E-state index contributed by atoms with van der Waals surface area (Å²) in [6, 6.07) is 5.92. The van der Waals surface area contributed by atoms with Gasteiger partial charge in [0.2, 0.25) is 15.9 Å². The fraction of sp³-hybridized carbons (Fsp3) is 0.364. The Morgan fingerprint density at radius 2 is 1.91 bits per heavy atom. The van der Waals surface area contributed by atoms with E-state index in [1.807, 2.05) is 18.6 Å². The zero-order valence-corrected chi connectivity index (χ0v) is 19.1. The van der Waals surface area contributed by atoms with E-state index >= 15 is 0 Å². The van der Waals surface area contributed by atoms with E-state index in [1.165, 1.54) is 30.4 Å². The Bertz CT molecular complexity index is 1130. The molecule has 0 saturated heterocycles. The van der Waals surface area contributed by atoms with Gasteiger partial charge in [-0.25, -0.2) is 17.8 Å². The molecule has 0 radical (unpaired) electrons. The highest BCUT2D eigenvalue weighted by Crippen LogP contribution is 2.29. The third kappa shape index (κ3) is 8.49. The number of carbonyl (C=O) groups is 1. The lowest BCUT2D eigenvalue weighted by Crippen LogP contribution is -2.20. The predicted molar refractivity (Wildman–Crippen MR) is 118 cm³/mol. The van der Waals surface area contributed by atoms with Crippen LogP contribution in [-0.4, -0.2) is 25.6 Å². The number of hydrogen-bond donors (Lipinski definition) is 2. The molecular weight excluding hydrogens is 462 g/mol. The molecule has 0 aliphatic heterocycles. The first kappa shape index (κ1) is 26.3. The van der Waals surface area contributed by atoms with Crippen molar-refractivity contribution in [1.82, 2.24) is 10.3 Å². The van der Waals surface area contributed by atoms with E-state index in [4.69, 9.17) is 0 Å². The molecule has 1 heterocycles. The van der Waals surface area contributed by atoms with E-state index in [-0.39, 0.29) is 23.8 Å². The molecule has 1 unspecified atom stereocenters. The highest BCUT2D eigenvalue weighted by atomic mass is 32.2. The Morgan fingerprint density at radius 3 is 2.48 bits per heavy atom. The van der Waals surface area contributed by atoms with Crippen LogP contribution in [0.1, 0.15) is 42.8 Å². The first-order valence-corrected chi connectivity index (χ1v) is 12.0. The number of benzene rings is 1. The molecule has 0 bridgehead atoms. The minimum atomic E-state index is -4.56. The van der Waals surface area contributed by atoms with Gasteiger partial charge in [-0.15, -0.1) is 0 Å². The van der Waals surface area contributed by atoms with Gasteiger partial charge in [0.25, 0.3) is 0 Å². The quantitative estimate of drug-likeness (QED) is 0.402. The summed E-state index contributed by atoms with van der Waals surface area (Å²) in [5, 5.41) is 2.54. The molecule has 1 amide bonds. The molecule has 2 rings (SSSR count). The number of anilines is 1. The number of alkyl halides is 3. The number of amides is 1. The van der Waals surface area contributed by atoms with E-state index in [0.29, 0.717) is 17.5 Å². The molecule has 0 spiro atoms. The summed E-state index contributed by atoms with van der Waals surface area (Å²) >= 11 is 0. The highest BCUT2D eigenvalue weighted by molar-refractivity contribution is 7.92. The Labute approximate surface area is 190 Å². The lowest BCUT2D eigenvalue weighted by Gasteiger charge is -2.13. The van der Waals surface area contributed by atoms with Crippen LogP contribution in [0.15, 0.2) is 36.4 Å². The Balaban J connectivity index is 2.10. The molecule has 1 aromatic carbocycles. The van der Waals surface area contributed by atoms with Crippen molar-refractivity contribution >= 4 is 27.7 Å². The zero-order chi connectivity index (χ0) is 24.8. The molecule has 1 aromatic heterocycles. The van der Waals surface area contributed by atoms with E-state index in [2.05, 4.69) is 10.3 Å². The molecule has 2 aromatic rings. The van der Waals surface area contributed by atoms with Crippen LogP contribution < -0.4 is 10.0 Å². The molecule has 0 saturated carbocycles. The second-order valence-electron chi connectivity index (χ2n) is 7.69. The van der Waals surface area contributed by atoms with Crippen LogP contribution in [-0.2, 0) is 34.0 Å². The zero-order valence-electron chi connectivity index (χ0n) is 18.3. The molecule has 0 fully saturated rings. The van der Waals surface area contributed by atoms with Crippen LogP contribution in [0.4, 0.5) is 23.2 Å². The van der Waals surface area contributed by atoms with E-state index in [9.17, 15) is 30.8 Å². The third-order valence-corrected chi connectivity index (χ3v) is 5.34. The van der Waals surface area contributed by atoms with Crippen LogP contribution in [0.2, 0.25) is 0 Å². The van der Waals surface area contributed by atoms with Gasteiger partial charge < -0.3 is 5.32 Å². The van der Waals surface area contributed by atoms with Crippen molar-refractivity contribution in [2.45, 2.75) is 39.4 Å². The fourth-order valence-electron chi connectivity index (χ4n) is 2.82. The standard InChI is InChI=1S/C22H25F4N3O3S/c1-4-14(2)11-19-16(6-9-20(28-19)22(24,25)26)7-10-21(30)27-13-15-5-8-18(17(23)12-15)29-33(3,31)32/h5-10,12,14,29H,4,11,13H2,1-3H3,(H,27,30)/b10-7+. The lowest BCUT2D eigenvalue weighted by atomic mass is 9.99. The topological polar surface area (TPSA) is 88.2 Å². The minimum Gasteiger partial charge on any atom is -0.348 e. The maximum Gasteiger partial charge on any atom is 0.433 e. The van der Waals surface area contributed by atoms with Gasteiger partial charge in [-0.2, -0.15) is 13.2 Å². The van der Waals surface area contributed by atoms with Crippen LogP contribution in [0.5, 0.6) is 0 Å². The summed E-state index contributed by atoms with van der Waals surface area (Å²) < 4.78 is 77.6. The molecule has 11 heteroatoms. The predicted octanol–water partition coefficient (Wildman–Crippen LogP) is 4.53. The minimum absolute atomic E-state index is 0.0375. The maximum absolute atomic E-state index is 14.0. The highest BCUT2D eigenvalue weighted by Gasteiger charge is 2.33. The smallest absolute Gasteiger partial charge is 0.348 e. The Kier molecular flexibility index (Phi) is 8.59. The molecule has 2 N–H and O–H groups in total. The number of carbonyl (C=O) groups excluding carboxylic acids is 1. The first-order valence-electron chi connectivity index (χ1n) is 10.1. The maximum atomic E-state index is 14.0. The monoisotopic (exact) mass is 487 g/mol. The molecular formula is C22H25F4N3O3S. The molecule has 0 aliphatic carbocycles. The number of nitrogens with one attached hydrogen (secondary N) is 2. The van der Waals surface area contributed by atoms with Gasteiger partial charge in [0.05, 0.1) is 11.9 Å². The van der Waals surface area contributed by atoms with Crippen molar-refractivity contribution in [2.75, 3.05) is 11.0 Å². The number of nitrogens with zero attached hydrogens (tertiary/aromatic N) is 1. The average Bonchev–Trinajstić information content (AvgIpc) is 2.71. The normalized spacial score (nSPS) is 13.2. The van der Waals surface area contributed by atoms with Crippen LogP contribution >= 0.6 is 0 Å². The second-order valence-corrected chi connectivity index (χ2v) is 9.44. The summed E-state index contributed by atoms with van der Waals surface area (Å²) in [5.41, 5.74) is -0.156. The van der Waals surface area contributed by atoms with Crippen molar-refractivity contribution in [1.29, 1.82) is 0 Å². The molecule has 1 atom stereocenters. The Hall–Kier alpha value is -2.95. The van der Waals surface area contributed by atoms with Gasteiger partial charge in [0.15, 0.2) is 0 Å². The number of aromatic nitrogens is 1. The number of halogens is 4. The molecule has 6 nitrogen and oxygen atoms in total. The molecule has 0 aliphatic rings. The van der Waals surface area contributed by atoms with Crippen molar-refractivity contribution in [2.24, 2.45) is 5.92 Å². The van der Waals surface area contributed by atoms with Gasteiger partial charge in [-0.1, -0.05) is 32.4 Å². The van der Waals surface area contributed by atoms with Gasteiger partial charge in [0, 0.05) is 18.3 Å². The Morgan fingerprint density at radius 1 is 1.21 bits per heavy atom. The van der Waals surface area contributed by atoms with E-state index < -0.39 is 33.6 Å². The van der Waals surface area contributed by atoms with Gasteiger partial charge in [-0.3, -0.25) is 9.52 Å². The number of pyridine rings is 1. The van der Waals surface area contributed by atoms with Crippen LogP contribution in [0, 0.1) is 11.7 Å². The van der Waals surface area contributed by atoms with Gasteiger partial charge in [0.1, 0.15) is 11.5 Å². The van der Waals surface area contributed by atoms with Gasteiger partial charge >= 0.3 is 6.18 Å². The fourth-order valence-corrected chi connectivity index (χ4v) is 3.39. The lowest BCUT2D eigenvalue weighted by molar-refractivity contribution is -0.141. The van der Waals surface area contributed by atoms with Crippen molar-refractivity contribution in [3.05, 3.63) is 64.7 Å². The van der Waals surface area contributed by atoms with E-state index in [1.54, 1.807) is 0 Å². The molecule has 180 valence electrons. The summed E-state index contributed by atoms with van der Waals surface area (Å²) in [7, 11) is -3.63. The average molecular weight is 488 g/mol. The van der Waals surface area contributed by atoms with Crippen LogP contribution in [0.3, 0.4) is 0 Å². The summed E-state index contributed by atoms with van der Waals surface area (Å²) in [6.07, 6.45) is -0.0232. The number of hydrogen-bond acceptors (Lipinski definition) is 4. The summed E-state index contributed by atoms with van der Waals surface area (Å²) in [4.78, 5) is 15.9. The van der Waals surface area contributed by atoms with Crippen molar-refractivity contribution < 1.29 is 30.8 Å². The van der Waals surface area contributed by atoms with Gasteiger partial charge in [-0.05, 0) is 47.7 Å². The second kappa shape index (κ2) is 10.8. The number of rotatable bonds is 9. The van der Waals surface area contributed by atoms with E-state index in [0.717, 1.165) is 24.8 Å². The van der Waals surface area contributed by atoms with Crippen molar-refractivity contribution in [3.8, 4) is 0 Å². The summed E-state index contributed by atoms with van der Waals surface area (Å²) in [6.45, 7) is 3.79. The third-order valence-electron chi connectivity index (χ3n) is 4.75. The summed E-state index contributed by atoms with van der Waals surface area (Å²) in [5.74, 6) is -1.23.